The number of aliphatic hydroxyl groups is 1. The first kappa shape index (κ1) is 11.8. The first-order chi connectivity index (χ1) is 6.75. The molecule has 0 fully saturated rings. The van der Waals surface area contributed by atoms with Crippen molar-refractivity contribution >= 4 is 0 Å². The SMILES string of the molecule is O[C@H](c1ccc(F)c(F)c1F)C(F)(F)F. The molecule has 0 radical (unpaired) electrons. The van der Waals surface area contributed by atoms with E-state index in [2.05, 4.69) is 0 Å². The Hall–Kier alpha value is -1.24. The standard InChI is InChI=1S/C8H4F6O/c9-4-2-1-3(5(10)6(4)11)7(15)8(12,13)14/h1-2,7,15H/t7-/m1/s1. The Bertz CT molecular complexity index is 372. The molecule has 0 aliphatic carbocycles. The molecule has 1 nitrogen and oxygen atoms in total. The highest BCUT2D eigenvalue weighted by Crippen LogP contribution is 2.34. The van der Waals surface area contributed by atoms with E-state index in [0.717, 1.165) is 0 Å². The third-order valence-corrected chi connectivity index (χ3v) is 1.67. The van der Waals surface area contributed by atoms with Crippen LogP contribution in [0.2, 0.25) is 0 Å². The van der Waals surface area contributed by atoms with Crippen LogP contribution >= 0.6 is 0 Å². The van der Waals surface area contributed by atoms with Gasteiger partial charge in [-0.05, 0) is 6.07 Å². The molecule has 0 heterocycles. The van der Waals surface area contributed by atoms with E-state index in [1.54, 1.807) is 0 Å². The molecule has 1 N–H and O–H groups in total. The lowest BCUT2D eigenvalue weighted by Gasteiger charge is -2.15. The van der Waals surface area contributed by atoms with Gasteiger partial charge in [0, 0.05) is 5.56 Å². The molecular formula is C8H4F6O. The maximum Gasteiger partial charge on any atom is 0.418 e. The molecule has 0 aliphatic heterocycles. The minimum atomic E-state index is -5.13. The van der Waals surface area contributed by atoms with E-state index in [0.29, 0.717) is 12.1 Å². The van der Waals surface area contributed by atoms with Crippen molar-refractivity contribution in [2.24, 2.45) is 0 Å². The van der Waals surface area contributed by atoms with Gasteiger partial charge in [-0.3, -0.25) is 0 Å². The molecule has 84 valence electrons. The van der Waals surface area contributed by atoms with Gasteiger partial charge in [-0.15, -0.1) is 0 Å². The van der Waals surface area contributed by atoms with Crippen molar-refractivity contribution in [3.05, 3.63) is 35.1 Å². The lowest BCUT2D eigenvalue weighted by molar-refractivity contribution is -0.207. The summed E-state index contributed by atoms with van der Waals surface area (Å²) in [6.07, 6.45) is -8.31. The second-order valence-corrected chi connectivity index (χ2v) is 2.71. The molecule has 7 heteroatoms. The van der Waals surface area contributed by atoms with Gasteiger partial charge in [0.25, 0.3) is 0 Å². The van der Waals surface area contributed by atoms with Crippen LogP contribution in [0, 0.1) is 17.5 Å². The average molecular weight is 230 g/mol. The van der Waals surface area contributed by atoms with Crippen molar-refractivity contribution in [3.8, 4) is 0 Å². The van der Waals surface area contributed by atoms with Crippen molar-refractivity contribution < 1.29 is 31.4 Å². The summed E-state index contributed by atoms with van der Waals surface area (Å²) in [5, 5.41) is 8.60. The fourth-order valence-corrected chi connectivity index (χ4v) is 0.928. The van der Waals surface area contributed by atoms with Gasteiger partial charge < -0.3 is 5.11 Å². The molecule has 1 rings (SSSR count). The van der Waals surface area contributed by atoms with Crippen LogP contribution in [-0.4, -0.2) is 11.3 Å². The maximum atomic E-state index is 12.8. The molecular weight excluding hydrogens is 226 g/mol. The van der Waals surface area contributed by atoms with Crippen LogP contribution in [-0.2, 0) is 0 Å². The molecule has 0 saturated heterocycles. The highest BCUT2D eigenvalue weighted by Gasteiger charge is 2.41. The number of rotatable bonds is 1. The van der Waals surface area contributed by atoms with Crippen LogP contribution in [0.25, 0.3) is 0 Å². The molecule has 1 aromatic rings. The summed E-state index contributed by atoms with van der Waals surface area (Å²) in [7, 11) is 0. The minimum Gasteiger partial charge on any atom is -0.379 e. The van der Waals surface area contributed by atoms with E-state index >= 15 is 0 Å². The van der Waals surface area contributed by atoms with Crippen molar-refractivity contribution in [1.29, 1.82) is 0 Å². The Balaban J connectivity index is 3.23. The largest absolute Gasteiger partial charge is 0.418 e. The molecule has 0 amide bonds. The summed E-state index contributed by atoms with van der Waals surface area (Å²) in [6, 6.07) is 0.647. The maximum absolute atomic E-state index is 12.8. The van der Waals surface area contributed by atoms with Crippen LogP contribution in [0.5, 0.6) is 0 Å². The zero-order valence-corrected chi connectivity index (χ0v) is 6.95. The molecule has 15 heavy (non-hydrogen) atoms. The summed E-state index contributed by atoms with van der Waals surface area (Å²) < 4.78 is 73.4. The lowest BCUT2D eigenvalue weighted by atomic mass is 10.1. The predicted octanol–water partition coefficient (Wildman–Crippen LogP) is 2.70. The Morgan fingerprint density at radius 1 is 1.00 bits per heavy atom. The fourth-order valence-electron chi connectivity index (χ4n) is 0.928. The molecule has 0 saturated carbocycles. The van der Waals surface area contributed by atoms with E-state index in [1.807, 2.05) is 0 Å². The van der Waals surface area contributed by atoms with Crippen molar-refractivity contribution in [3.63, 3.8) is 0 Å². The molecule has 0 spiro atoms. The minimum absolute atomic E-state index is 0.308. The smallest absolute Gasteiger partial charge is 0.379 e. The molecule has 0 aromatic heterocycles. The summed E-state index contributed by atoms with van der Waals surface area (Å²) >= 11 is 0. The van der Waals surface area contributed by atoms with E-state index in [-0.39, 0.29) is 0 Å². The molecule has 1 aromatic carbocycles. The second kappa shape index (κ2) is 3.73. The van der Waals surface area contributed by atoms with Crippen LogP contribution < -0.4 is 0 Å². The predicted molar refractivity (Wildman–Crippen MR) is 37.3 cm³/mol. The Morgan fingerprint density at radius 2 is 1.53 bits per heavy atom. The number of alkyl halides is 3. The highest BCUT2D eigenvalue weighted by molar-refractivity contribution is 5.23. The highest BCUT2D eigenvalue weighted by atomic mass is 19.4. The van der Waals surface area contributed by atoms with Gasteiger partial charge in [0.05, 0.1) is 0 Å². The van der Waals surface area contributed by atoms with Crippen LogP contribution in [0.15, 0.2) is 12.1 Å². The van der Waals surface area contributed by atoms with Gasteiger partial charge in [-0.1, -0.05) is 6.07 Å². The third-order valence-electron chi connectivity index (χ3n) is 1.67. The number of hydrogen-bond acceptors (Lipinski definition) is 1. The molecule has 0 unspecified atom stereocenters. The topological polar surface area (TPSA) is 20.2 Å². The summed E-state index contributed by atoms with van der Waals surface area (Å²) in [4.78, 5) is 0. The fraction of sp³-hybridized carbons (Fsp3) is 0.250. The van der Waals surface area contributed by atoms with Crippen molar-refractivity contribution in [1.82, 2.24) is 0 Å². The summed E-state index contributed by atoms with van der Waals surface area (Å²) in [6.45, 7) is 0. The average Bonchev–Trinajstić information content (AvgIpc) is 2.12. The first-order valence-electron chi connectivity index (χ1n) is 3.63. The number of halogens is 6. The number of hydrogen-bond donors (Lipinski definition) is 1. The quantitative estimate of drug-likeness (QED) is 0.580. The molecule has 0 aliphatic rings. The van der Waals surface area contributed by atoms with E-state index < -0.39 is 35.3 Å². The van der Waals surface area contributed by atoms with E-state index in [4.69, 9.17) is 5.11 Å². The molecule has 0 bridgehead atoms. The zero-order chi connectivity index (χ0) is 11.8. The normalized spacial score (nSPS) is 14.1. The van der Waals surface area contributed by atoms with E-state index in [9.17, 15) is 26.3 Å². The Morgan fingerprint density at radius 3 is 2.00 bits per heavy atom. The number of benzene rings is 1. The van der Waals surface area contributed by atoms with Gasteiger partial charge in [0.15, 0.2) is 23.6 Å². The summed E-state index contributed by atoms with van der Waals surface area (Å²) in [5.41, 5.74) is -1.35. The van der Waals surface area contributed by atoms with Crippen molar-refractivity contribution in [2.45, 2.75) is 12.3 Å². The van der Waals surface area contributed by atoms with Crippen LogP contribution in [0.4, 0.5) is 26.3 Å². The Kier molecular flexibility index (Phi) is 2.94. The van der Waals surface area contributed by atoms with E-state index in [1.165, 1.54) is 0 Å². The Labute approximate surface area is 79.9 Å². The second-order valence-electron chi connectivity index (χ2n) is 2.71. The van der Waals surface area contributed by atoms with Crippen LogP contribution in [0.3, 0.4) is 0 Å². The zero-order valence-electron chi connectivity index (χ0n) is 6.95. The number of aliphatic hydroxyl groups excluding tert-OH is 1. The lowest BCUT2D eigenvalue weighted by Crippen LogP contribution is -2.21. The monoisotopic (exact) mass is 230 g/mol. The first-order valence-corrected chi connectivity index (χ1v) is 3.63. The van der Waals surface area contributed by atoms with Gasteiger partial charge >= 0.3 is 6.18 Å². The van der Waals surface area contributed by atoms with Crippen LogP contribution in [0.1, 0.15) is 11.7 Å². The molecule has 1 atom stereocenters. The van der Waals surface area contributed by atoms with Gasteiger partial charge in [-0.2, -0.15) is 13.2 Å². The van der Waals surface area contributed by atoms with Gasteiger partial charge in [-0.25, -0.2) is 13.2 Å². The summed E-state index contributed by atoms with van der Waals surface area (Å²) in [5.74, 6) is -5.71. The van der Waals surface area contributed by atoms with Gasteiger partial charge in [0.2, 0.25) is 0 Å². The van der Waals surface area contributed by atoms with Crippen molar-refractivity contribution in [2.75, 3.05) is 0 Å². The third kappa shape index (κ3) is 2.23. The van der Waals surface area contributed by atoms with Gasteiger partial charge in [0.1, 0.15) is 0 Å².